The van der Waals surface area contributed by atoms with E-state index in [2.05, 4.69) is 34.9 Å². The lowest BCUT2D eigenvalue weighted by Gasteiger charge is -2.17. The van der Waals surface area contributed by atoms with Crippen molar-refractivity contribution >= 4 is 13.9 Å². The van der Waals surface area contributed by atoms with E-state index in [0.717, 1.165) is 17.5 Å². The predicted octanol–water partition coefficient (Wildman–Crippen LogP) is 3.17. The van der Waals surface area contributed by atoms with E-state index in [1.54, 1.807) is 11.0 Å². The molecule has 0 bridgehead atoms. The van der Waals surface area contributed by atoms with E-state index >= 15 is 0 Å². The SMILES string of the molecule is CC(C)ON=C(c1cccc(OC[Si](C)(C)C)c1)n1cncn1. The number of aromatic nitrogens is 3. The zero-order valence-corrected chi connectivity index (χ0v) is 15.4. The van der Waals surface area contributed by atoms with Crippen molar-refractivity contribution in [3.8, 4) is 5.75 Å². The van der Waals surface area contributed by atoms with Crippen LogP contribution in [0.5, 0.6) is 5.75 Å². The van der Waals surface area contributed by atoms with E-state index in [4.69, 9.17) is 9.57 Å². The highest BCUT2D eigenvalue weighted by atomic mass is 28.3. The molecule has 0 fully saturated rings. The first-order chi connectivity index (χ1) is 10.8. The summed E-state index contributed by atoms with van der Waals surface area (Å²) in [6, 6.07) is 7.79. The van der Waals surface area contributed by atoms with Crippen molar-refractivity contribution < 1.29 is 9.57 Å². The highest BCUT2D eigenvalue weighted by molar-refractivity contribution is 6.76. The lowest BCUT2D eigenvalue weighted by molar-refractivity contribution is 0.0851. The maximum absolute atomic E-state index is 5.92. The molecule has 1 aromatic heterocycles. The third kappa shape index (κ3) is 5.52. The van der Waals surface area contributed by atoms with E-state index in [-0.39, 0.29) is 6.10 Å². The molecule has 0 saturated heterocycles. The first-order valence-corrected chi connectivity index (χ1v) is 11.4. The fraction of sp³-hybridized carbons (Fsp3) is 0.438. The van der Waals surface area contributed by atoms with Crippen molar-refractivity contribution in [1.29, 1.82) is 0 Å². The van der Waals surface area contributed by atoms with Crippen LogP contribution in [-0.2, 0) is 4.84 Å². The van der Waals surface area contributed by atoms with Crippen molar-refractivity contribution in [2.45, 2.75) is 39.6 Å². The first-order valence-electron chi connectivity index (χ1n) is 7.67. The molecule has 0 aliphatic heterocycles. The van der Waals surface area contributed by atoms with Gasteiger partial charge >= 0.3 is 0 Å². The summed E-state index contributed by atoms with van der Waals surface area (Å²) in [7, 11) is -1.27. The predicted molar refractivity (Wildman–Crippen MR) is 93.5 cm³/mol. The molecule has 0 atom stereocenters. The van der Waals surface area contributed by atoms with Crippen LogP contribution in [0.3, 0.4) is 0 Å². The largest absolute Gasteiger partial charge is 0.497 e. The molecular weight excluding hydrogens is 308 g/mol. The maximum atomic E-state index is 5.92. The Hall–Kier alpha value is -2.15. The Labute approximate surface area is 138 Å². The molecule has 0 amide bonds. The van der Waals surface area contributed by atoms with E-state index in [0.29, 0.717) is 5.84 Å². The number of oxime groups is 1. The zero-order valence-electron chi connectivity index (χ0n) is 14.4. The average molecular weight is 332 g/mol. The molecule has 1 aromatic carbocycles. The van der Waals surface area contributed by atoms with E-state index < -0.39 is 8.07 Å². The molecule has 2 aromatic rings. The highest BCUT2D eigenvalue weighted by Crippen LogP contribution is 2.16. The summed E-state index contributed by atoms with van der Waals surface area (Å²) < 4.78 is 7.51. The molecule has 6 nitrogen and oxygen atoms in total. The van der Waals surface area contributed by atoms with Crippen LogP contribution in [0.4, 0.5) is 0 Å². The van der Waals surface area contributed by atoms with Crippen LogP contribution in [-0.4, -0.2) is 41.0 Å². The van der Waals surface area contributed by atoms with Crippen molar-refractivity contribution in [2.75, 3.05) is 6.23 Å². The summed E-state index contributed by atoms with van der Waals surface area (Å²) in [5.74, 6) is 1.40. The summed E-state index contributed by atoms with van der Waals surface area (Å²) in [6.45, 7) is 10.7. The van der Waals surface area contributed by atoms with Crippen molar-refractivity contribution in [2.24, 2.45) is 5.16 Å². The number of nitrogens with zero attached hydrogens (tertiary/aromatic N) is 4. The molecule has 0 aliphatic rings. The van der Waals surface area contributed by atoms with Crippen LogP contribution in [0.1, 0.15) is 19.4 Å². The fourth-order valence-corrected chi connectivity index (χ4v) is 2.32. The van der Waals surface area contributed by atoms with Crippen LogP contribution in [0.2, 0.25) is 19.6 Å². The van der Waals surface area contributed by atoms with E-state index in [1.165, 1.54) is 6.33 Å². The van der Waals surface area contributed by atoms with Crippen molar-refractivity contribution in [3.05, 3.63) is 42.5 Å². The number of hydrogen-bond acceptors (Lipinski definition) is 5. The Morgan fingerprint density at radius 1 is 1.30 bits per heavy atom. The van der Waals surface area contributed by atoms with Crippen LogP contribution >= 0.6 is 0 Å². The van der Waals surface area contributed by atoms with E-state index in [1.807, 2.05) is 38.1 Å². The minimum Gasteiger partial charge on any atom is -0.497 e. The third-order valence-corrected chi connectivity index (χ3v) is 3.76. The second kappa shape index (κ2) is 7.41. The summed E-state index contributed by atoms with van der Waals surface area (Å²) in [5, 5.41) is 8.36. The highest BCUT2D eigenvalue weighted by Gasteiger charge is 2.15. The first kappa shape index (κ1) is 17.2. The van der Waals surface area contributed by atoms with Crippen molar-refractivity contribution in [1.82, 2.24) is 14.8 Å². The summed E-state index contributed by atoms with van der Waals surface area (Å²) in [5.41, 5.74) is 0.865. The fourth-order valence-electron chi connectivity index (χ4n) is 1.72. The molecule has 1 heterocycles. The van der Waals surface area contributed by atoms with Crippen LogP contribution in [0.25, 0.3) is 0 Å². The number of rotatable bonds is 6. The Balaban J connectivity index is 2.27. The molecule has 0 unspecified atom stereocenters. The quantitative estimate of drug-likeness (QED) is 0.353. The Morgan fingerprint density at radius 3 is 2.70 bits per heavy atom. The van der Waals surface area contributed by atoms with Gasteiger partial charge in [0.05, 0.1) is 14.3 Å². The molecule has 0 saturated carbocycles. The van der Waals surface area contributed by atoms with Gasteiger partial charge in [0.15, 0.2) is 0 Å². The normalized spacial score (nSPS) is 12.5. The van der Waals surface area contributed by atoms with Crippen LogP contribution in [0, 0.1) is 0 Å². The van der Waals surface area contributed by atoms with Crippen LogP contribution < -0.4 is 4.74 Å². The molecule has 0 radical (unpaired) electrons. The third-order valence-electron chi connectivity index (χ3n) is 2.75. The molecule has 2 rings (SSSR count). The molecule has 124 valence electrons. The Morgan fingerprint density at radius 2 is 2.09 bits per heavy atom. The number of ether oxygens (including phenoxy) is 1. The molecule has 0 aliphatic carbocycles. The second-order valence-electron chi connectivity index (χ2n) is 6.79. The Kier molecular flexibility index (Phi) is 5.54. The zero-order chi connectivity index (χ0) is 16.9. The van der Waals surface area contributed by atoms with Crippen LogP contribution in [0.15, 0.2) is 42.1 Å². The minimum atomic E-state index is -1.27. The summed E-state index contributed by atoms with van der Waals surface area (Å²) in [6.07, 6.45) is 3.82. The standard InChI is InChI=1S/C16H24N4O2Si/c1-13(2)22-19-16(20-11-17-10-18-20)14-7-6-8-15(9-14)21-12-23(3,4)5/h6-11,13H,12H2,1-5H3. The van der Waals surface area contributed by atoms with Gasteiger partial charge in [-0.25, -0.2) is 4.98 Å². The van der Waals surface area contributed by atoms with Gasteiger partial charge in [0.1, 0.15) is 24.5 Å². The molecule has 7 heteroatoms. The van der Waals surface area contributed by atoms with Crippen molar-refractivity contribution in [3.63, 3.8) is 0 Å². The van der Waals surface area contributed by atoms with E-state index in [9.17, 15) is 0 Å². The average Bonchev–Trinajstić information content (AvgIpc) is 2.99. The molecular formula is C16H24N4O2Si. The summed E-state index contributed by atoms with van der Waals surface area (Å²) >= 11 is 0. The van der Waals surface area contributed by atoms with Gasteiger partial charge in [0.25, 0.3) is 0 Å². The van der Waals surface area contributed by atoms with Gasteiger partial charge in [0.2, 0.25) is 5.84 Å². The maximum Gasteiger partial charge on any atom is 0.201 e. The van der Waals surface area contributed by atoms with Gasteiger partial charge in [0, 0.05) is 5.56 Å². The van der Waals surface area contributed by atoms with Gasteiger partial charge in [-0.3, -0.25) is 0 Å². The number of benzene rings is 1. The second-order valence-corrected chi connectivity index (χ2v) is 12.2. The molecule has 0 N–H and O–H groups in total. The lowest BCUT2D eigenvalue weighted by atomic mass is 10.2. The van der Waals surface area contributed by atoms with Gasteiger partial charge in [-0.2, -0.15) is 9.78 Å². The minimum absolute atomic E-state index is 0.0140. The van der Waals surface area contributed by atoms with Gasteiger partial charge in [-0.05, 0) is 26.0 Å². The monoisotopic (exact) mass is 332 g/mol. The topological polar surface area (TPSA) is 61.5 Å². The molecule has 23 heavy (non-hydrogen) atoms. The summed E-state index contributed by atoms with van der Waals surface area (Å²) in [4.78, 5) is 9.38. The lowest BCUT2D eigenvalue weighted by Crippen LogP contribution is -2.30. The van der Waals surface area contributed by atoms with Gasteiger partial charge in [-0.1, -0.05) is 36.9 Å². The number of hydrogen-bond donors (Lipinski definition) is 0. The Bertz CT molecular complexity index is 648. The smallest absolute Gasteiger partial charge is 0.201 e. The van der Waals surface area contributed by atoms with Gasteiger partial charge in [-0.15, -0.1) is 0 Å². The van der Waals surface area contributed by atoms with Gasteiger partial charge < -0.3 is 9.57 Å². The molecule has 0 spiro atoms.